The van der Waals surface area contributed by atoms with Gasteiger partial charge < -0.3 is 14.6 Å². The zero-order chi connectivity index (χ0) is 21.8. The van der Waals surface area contributed by atoms with E-state index in [1.165, 1.54) is 0 Å². The Labute approximate surface area is 181 Å². The number of carboxylic acid groups (broad SMARTS) is 1. The molecule has 0 aromatic heterocycles. The topological polar surface area (TPSA) is 72.8 Å². The molecule has 5 nitrogen and oxygen atoms in total. The minimum atomic E-state index is -1.01. The molecule has 0 fully saturated rings. The van der Waals surface area contributed by atoms with Crippen molar-refractivity contribution >= 4 is 11.9 Å². The molecule has 1 N–H and O–H groups in total. The fourth-order valence-electron chi connectivity index (χ4n) is 4.17. The van der Waals surface area contributed by atoms with E-state index in [-0.39, 0.29) is 25.4 Å². The fraction of sp³-hybridized carbons (Fsp3) is 0.231. The Morgan fingerprint density at radius 2 is 1.48 bits per heavy atom. The molecule has 0 heterocycles. The number of methoxy groups -OCH3 is 1. The largest absolute Gasteiger partial charge is 0.497 e. The minimum absolute atomic E-state index is 0.0405. The lowest BCUT2D eigenvalue weighted by atomic mass is 9.96. The standard InChI is InChI=1S/C26H24O5/c1-30-19-12-10-17(11-13-19)14-18(26(28)29)15-25(27)31-16-24-22-8-4-2-6-20(22)21-7-3-5-9-23(21)24/h2-13,18,24H,14-16H2,1H3,(H,28,29)/t18-/m1/s1. The molecule has 0 saturated carbocycles. The smallest absolute Gasteiger partial charge is 0.307 e. The van der Waals surface area contributed by atoms with Crippen LogP contribution in [0.4, 0.5) is 0 Å². The van der Waals surface area contributed by atoms with Crippen molar-refractivity contribution in [1.82, 2.24) is 0 Å². The Morgan fingerprint density at radius 3 is 2.03 bits per heavy atom. The van der Waals surface area contributed by atoms with Crippen LogP contribution in [0.5, 0.6) is 5.75 Å². The predicted molar refractivity (Wildman–Crippen MR) is 117 cm³/mol. The van der Waals surface area contributed by atoms with Crippen molar-refractivity contribution in [3.8, 4) is 16.9 Å². The number of esters is 1. The molecule has 158 valence electrons. The summed E-state index contributed by atoms with van der Waals surface area (Å²) in [5.74, 6) is -1.69. The van der Waals surface area contributed by atoms with E-state index in [1.807, 2.05) is 36.4 Å². The number of fused-ring (bicyclic) bond motifs is 3. The normalized spacial score (nSPS) is 13.2. The maximum Gasteiger partial charge on any atom is 0.307 e. The Hall–Kier alpha value is -3.60. The molecule has 0 unspecified atom stereocenters. The second-order valence-corrected chi connectivity index (χ2v) is 7.70. The van der Waals surface area contributed by atoms with Gasteiger partial charge in [0.15, 0.2) is 0 Å². The molecular formula is C26H24O5. The first kappa shape index (κ1) is 20.7. The van der Waals surface area contributed by atoms with Crippen molar-refractivity contribution in [2.75, 3.05) is 13.7 Å². The van der Waals surface area contributed by atoms with Gasteiger partial charge in [0.2, 0.25) is 0 Å². The van der Waals surface area contributed by atoms with E-state index < -0.39 is 17.9 Å². The first-order chi connectivity index (χ1) is 15.1. The monoisotopic (exact) mass is 416 g/mol. The van der Waals surface area contributed by atoms with Gasteiger partial charge in [0.05, 0.1) is 19.4 Å². The van der Waals surface area contributed by atoms with Crippen LogP contribution in [0, 0.1) is 5.92 Å². The quantitative estimate of drug-likeness (QED) is 0.540. The Balaban J connectivity index is 1.41. The van der Waals surface area contributed by atoms with E-state index in [0.717, 1.165) is 27.8 Å². The number of carbonyl (C=O) groups is 2. The highest BCUT2D eigenvalue weighted by Crippen LogP contribution is 2.44. The lowest BCUT2D eigenvalue weighted by Gasteiger charge is -2.16. The third kappa shape index (κ3) is 4.45. The summed E-state index contributed by atoms with van der Waals surface area (Å²) >= 11 is 0. The summed E-state index contributed by atoms with van der Waals surface area (Å²) in [7, 11) is 1.58. The van der Waals surface area contributed by atoms with E-state index in [0.29, 0.717) is 5.75 Å². The summed E-state index contributed by atoms with van der Waals surface area (Å²) in [6.07, 6.45) is 0.0842. The van der Waals surface area contributed by atoms with Crippen molar-refractivity contribution in [2.24, 2.45) is 5.92 Å². The van der Waals surface area contributed by atoms with Crippen LogP contribution in [-0.2, 0) is 20.7 Å². The van der Waals surface area contributed by atoms with Crippen LogP contribution >= 0.6 is 0 Å². The molecule has 3 aromatic rings. The van der Waals surface area contributed by atoms with Crippen molar-refractivity contribution < 1.29 is 24.2 Å². The van der Waals surface area contributed by atoms with E-state index in [1.54, 1.807) is 19.2 Å². The van der Waals surface area contributed by atoms with Gasteiger partial charge in [0, 0.05) is 5.92 Å². The van der Waals surface area contributed by atoms with Crippen LogP contribution < -0.4 is 4.74 Å². The molecule has 0 amide bonds. The fourth-order valence-corrected chi connectivity index (χ4v) is 4.17. The summed E-state index contributed by atoms with van der Waals surface area (Å²) < 4.78 is 10.7. The molecule has 0 radical (unpaired) electrons. The van der Waals surface area contributed by atoms with E-state index >= 15 is 0 Å². The molecule has 0 spiro atoms. The zero-order valence-corrected chi connectivity index (χ0v) is 17.3. The van der Waals surface area contributed by atoms with Gasteiger partial charge in [-0.15, -0.1) is 0 Å². The maximum atomic E-state index is 12.5. The van der Waals surface area contributed by atoms with Crippen LogP contribution in [0.1, 0.15) is 29.0 Å². The lowest BCUT2D eigenvalue weighted by Crippen LogP contribution is -2.22. The van der Waals surface area contributed by atoms with Crippen LogP contribution in [-0.4, -0.2) is 30.8 Å². The summed E-state index contributed by atoms with van der Waals surface area (Å²) in [6.45, 7) is 0.196. The van der Waals surface area contributed by atoms with Gasteiger partial charge in [-0.05, 0) is 46.4 Å². The predicted octanol–water partition coefficient (Wildman–Crippen LogP) is 4.68. The van der Waals surface area contributed by atoms with Crippen molar-refractivity contribution in [3.63, 3.8) is 0 Å². The number of carboxylic acids is 1. The highest BCUT2D eigenvalue weighted by molar-refractivity contribution is 5.80. The Bertz CT molecular complexity index is 1040. The molecule has 1 aliphatic carbocycles. The molecule has 0 saturated heterocycles. The van der Waals surface area contributed by atoms with Gasteiger partial charge in [-0.1, -0.05) is 60.7 Å². The van der Waals surface area contributed by atoms with Crippen LogP contribution in [0.2, 0.25) is 0 Å². The van der Waals surface area contributed by atoms with Gasteiger partial charge in [-0.2, -0.15) is 0 Å². The van der Waals surface area contributed by atoms with Gasteiger partial charge in [-0.25, -0.2) is 0 Å². The summed E-state index contributed by atoms with van der Waals surface area (Å²) in [6, 6.07) is 23.4. The summed E-state index contributed by atoms with van der Waals surface area (Å²) in [4.78, 5) is 24.2. The molecular weight excluding hydrogens is 392 g/mol. The van der Waals surface area contributed by atoms with Crippen molar-refractivity contribution in [2.45, 2.75) is 18.8 Å². The zero-order valence-electron chi connectivity index (χ0n) is 17.3. The minimum Gasteiger partial charge on any atom is -0.497 e. The Kier molecular flexibility index (Phi) is 6.03. The summed E-state index contributed by atoms with van der Waals surface area (Å²) in [5.41, 5.74) is 5.40. The number of hydrogen-bond donors (Lipinski definition) is 1. The third-order valence-electron chi connectivity index (χ3n) is 5.78. The van der Waals surface area contributed by atoms with Gasteiger partial charge >= 0.3 is 11.9 Å². The number of aliphatic carboxylic acids is 1. The average Bonchev–Trinajstić information content (AvgIpc) is 3.11. The maximum absolute atomic E-state index is 12.5. The van der Waals surface area contributed by atoms with Crippen LogP contribution in [0.25, 0.3) is 11.1 Å². The van der Waals surface area contributed by atoms with E-state index in [2.05, 4.69) is 24.3 Å². The molecule has 5 heteroatoms. The molecule has 1 atom stereocenters. The molecule has 31 heavy (non-hydrogen) atoms. The van der Waals surface area contributed by atoms with Crippen molar-refractivity contribution in [1.29, 1.82) is 0 Å². The van der Waals surface area contributed by atoms with Crippen molar-refractivity contribution in [3.05, 3.63) is 89.5 Å². The number of ether oxygens (including phenoxy) is 2. The molecule has 1 aliphatic rings. The molecule has 3 aromatic carbocycles. The van der Waals surface area contributed by atoms with Crippen LogP contribution in [0.15, 0.2) is 72.8 Å². The average molecular weight is 416 g/mol. The first-order valence-corrected chi connectivity index (χ1v) is 10.3. The van der Waals surface area contributed by atoms with Crippen LogP contribution in [0.3, 0.4) is 0 Å². The number of rotatable bonds is 8. The Morgan fingerprint density at radius 1 is 0.903 bits per heavy atom. The number of hydrogen-bond acceptors (Lipinski definition) is 4. The first-order valence-electron chi connectivity index (χ1n) is 10.3. The second kappa shape index (κ2) is 9.04. The van der Waals surface area contributed by atoms with Gasteiger partial charge in [-0.3, -0.25) is 9.59 Å². The molecule has 0 aliphatic heterocycles. The number of benzene rings is 3. The molecule has 0 bridgehead atoms. The third-order valence-corrected chi connectivity index (χ3v) is 5.78. The number of carbonyl (C=O) groups excluding carboxylic acids is 1. The molecule has 4 rings (SSSR count). The highest BCUT2D eigenvalue weighted by atomic mass is 16.5. The highest BCUT2D eigenvalue weighted by Gasteiger charge is 2.30. The second-order valence-electron chi connectivity index (χ2n) is 7.70. The lowest BCUT2D eigenvalue weighted by molar-refractivity contribution is -0.151. The van der Waals surface area contributed by atoms with Gasteiger partial charge in [0.25, 0.3) is 0 Å². The van der Waals surface area contributed by atoms with Gasteiger partial charge in [0.1, 0.15) is 12.4 Å². The van der Waals surface area contributed by atoms with E-state index in [4.69, 9.17) is 9.47 Å². The SMILES string of the molecule is COc1ccc(C[C@H](CC(=O)OCC2c3ccccc3-c3ccccc32)C(=O)O)cc1. The summed E-state index contributed by atoms with van der Waals surface area (Å²) in [5, 5.41) is 9.59. The van der Waals surface area contributed by atoms with E-state index in [9.17, 15) is 14.7 Å².